The number of anilines is 1. The van der Waals surface area contributed by atoms with E-state index in [0.717, 1.165) is 17.8 Å². The fourth-order valence-electron chi connectivity index (χ4n) is 1.94. The first-order valence-corrected chi connectivity index (χ1v) is 8.29. The molecule has 0 radical (unpaired) electrons. The van der Waals surface area contributed by atoms with Crippen LogP contribution in [-0.4, -0.2) is 37.8 Å². The Morgan fingerprint density at radius 3 is 2.79 bits per heavy atom. The van der Waals surface area contributed by atoms with Crippen LogP contribution in [-0.2, 0) is 27.6 Å². The van der Waals surface area contributed by atoms with Gasteiger partial charge < -0.3 is 10.1 Å². The lowest BCUT2D eigenvalue weighted by Gasteiger charge is -2.21. The summed E-state index contributed by atoms with van der Waals surface area (Å²) in [5.74, 6) is 1.05. The quantitative estimate of drug-likeness (QED) is 0.891. The monoisotopic (exact) mass is 285 g/mol. The van der Waals surface area contributed by atoms with Gasteiger partial charge in [-0.1, -0.05) is 0 Å². The molecule has 1 unspecified atom stereocenters. The fourth-order valence-corrected chi connectivity index (χ4v) is 2.43. The molecule has 1 aliphatic rings. The second-order valence-corrected chi connectivity index (χ2v) is 7.03. The van der Waals surface area contributed by atoms with E-state index in [0.29, 0.717) is 31.3 Å². The van der Waals surface area contributed by atoms with E-state index in [9.17, 15) is 8.42 Å². The smallest absolute Gasteiger partial charge is 0.157 e. The number of aromatic nitrogens is 2. The maximum Gasteiger partial charge on any atom is 0.157 e. The lowest BCUT2D eigenvalue weighted by atomic mass is 10.1. The maximum atomic E-state index is 11.6. The highest BCUT2D eigenvalue weighted by Gasteiger charge is 2.25. The minimum Gasteiger partial charge on any atom is -0.376 e. The van der Waals surface area contributed by atoms with Crippen molar-refractivity contribution < 1.29 is 13.2 Å². The minimum atomic E-state index is -3.20. The summed E-state index contributed by atoms with van der Waals surface area (Å²) in [6.07, 6.45) is 1.90. The standard InChI is InChI=1S/C12H19N3O3S/c1-4-13-12-9-7-18-6-5-10(9)14-11(15-12)8(2)19(3,16)17/h8H,4-7H2,1-3H3,(H,13,14,15). The topological polar surface area (TPSA) is 81.2 Å². The summed E-state index contributed by atoms with van der Waals surface area (Å²) in [5.41, 5.74) is 1.83. The van der Waals surface area contributed by atoms with Crippen molar-refractivity contribution in [3.63, 3.8) is 0 Å². The third kappa shape index (κ3) is 3.03. The van der Waals surface area contributed by atoms with E-state index in [1.165, 1.54) is 6.26 Å². The summed E-state index contributed by atoms with van der Waals surface area (Å²) in [7, 11) is -3.20. The molecule has 106 valence electrons. The molecule has 0 aliphatic carbocycles. The summed E-state index contributed by atoms with van der Waals surface area (Å²) in [4.78, 5) is 8.77. The van der Waals surface area contributed by atoms with Crippen LogP contribution in [0, 0.1) is 0 Å². The number of hydrogen-bond acceptors (Lipinski definition) is 6. The Kier molecular flexibility index (Phi) is 4.05. The van der Waals surface area contributed by atoms with Crippen LogP contribution in [0.15, 0.2) is 0 Å². The summed E-state index contributed by atoms with van der Waals surface area (Å²) < 4.78 is 28.7. The first-order chi connectivity index (χ1) is 8.93. The molecular formula is C12H19N3O3S. The molecule has 1 aromatic rings. The van der Waals surface area contributed by atoms with E-state index < -0.39 is 15.1 Å². The van der Waals surface area contributed by atoms with Crippen LogP contribution in [0.3, 0.4) is 0 Å². The Hall–Kier alpha value is -1.21. The molecule has 0 saturated carbocycles. The average molecular weight is 285 g/mol. The molecule has 6 nitrogen and oxygen atoms in total. The van der Waals surface area contributed by atoms with Gasteiger partial charge in [0.05, 0.1) is 18.9 Å². The predicted molar refractivity (Wildman–Crippen MR) is 72.8 cm³/mol. The minimum absolute atomic E-state index is 0.360. The van der Waals surface area contributed by atoms with Gasteiger partial charge in [0.2, 0.25) is 0 Å². The van der Waals surface area contributed by atoms with Crippen molar-refractivity contribution in [3.8, 4) is 0 Å². The molecule has 0 spiro atoms. The average Bonchev–Trinajstić information content (AvgIpc) is 2.37. The van der Waals surface area contributed by atoms with E-state index in [2.05, 4.69) is 15.3 Å². The van der Waals surface area contributed by atoms with Gasteiger partial charge in [0.1, 0.15) is 16.9 Å². The first kappa shape index (κ1) is 14.2. The molecule has 0 aromatic carbocycles. The molecule has 2 rings (SSSR count). The van der Waals surface area contributed by atoms with Gasteiger partial charge in [0.25, 0.3) is 0 Å². The number of sulfone groups is 1. The second-order valence-electron chi connectivity index (χ2n) is 4.66. The van der Waals surface area contributed by atoms with E-state index in [1.807, 2.05) is 6.92 Å². The zero-order chi connectivity index (χ0) is 14.0. The van der Waals surface area contributed by atoms with Gasteiger partial charge in [0.15, 0.2) is 9.84 Å². The summed E-state index contributed by atoms with van der Waals surface area (Å²) in [5, 5.41) is 2.46. The number of ether oxygens (including phenoxy) is 1. The Labute approximate surface area is 113 Å². The maximum absolute atomic E-state index is 11.6. The molecule has 0 saturated heterocycles. The van der Waals surface area contributed by atoms with Gasteiger partial charge >= 0.3 is 0 Å². The van der Waals surface area contributed by atoms with Gasteiger partial charge in [-0.3, -0.25) is 0 Å². The van der Waals surface area contributed by atoms with E-state index >= 15 is 0 Å². The summed E-state index contributed by atoms with van der Waals surface area (Å²) in [6, 6.07) is 0. The van der Waals surface area contributed by atoms with E-state index in [-0.39, 0.29) is 0 Å². The Bertz CT molecular complexity index is 572. The molecule has 1 N–H and O–H groups in total. The highest BCUT2D eigenvalue weighted by molar-refractivity contribution is 7.90. The number of fused-ring (bicyclic) bond motifs is 1. The second kappa shape index (κ2) is 5.42. The summed E-state index contributed by atoms with van der Waals surface area (Å²) in [6.45, 7) is 5.40. The Balaban J connectivity index is 2.49. The fraction of sp³-hybridized carbons (Fsp3) is 0.667. The van der Waals surface area contributed by atoms with Gasteiger partial charge in [-0.2, -0.15) is 0 Å². The van der Waals surface area contributed by atoms with Crippen molar-refractivity contribution in [1.29, 1.82) is 0 Å². The van der Waals surface area contributed by atoms with Crippen molar-refractivity contribution in [3.05, 3.63) is 17.1 Å². The van der Waals surface area contributed by atoms with Gasteiger partial charge in [-0.25, -0.2) is 18.4 Å². The van der Waals surface area contributed by atoms with Crippen molar-refractivity contribution in [1.82, 2.24) is 9.97 Å². The lowest BCUT2D eigenvalue weighted by Crippen LogP contribution is -2.20. The van der Waals surface area contributed by atoms with Crippen LogP contribution in [0.2, 0.25) is 0 Å². The normalized spacial score (nSPS) is 16.8. The highest BCUT2D eigenvalue weighted by Crippen LogP contribution is 2.26. The molecule has 0 fully saturated rings. The van der Waals surface area contributed by atoms with Gasteiger partial charge in [0, 0.05) is 24.8 Å². The molecule has 7 heteroatoms. The molecule has 1 aliphatic heterocycles. The SMILES string of the molecule is CCNc1nc(C(C)S(C)(=O)=O)nc2c1COCC2. The van der Waals surface area contributed by atoms with Crippen LogP contribution in [0.1, 0.15) is 36.2 Å². The van der Waals surface area contributed by atoms with Gasteiger partial charge in [-0.15, -0.1) is 0 Å². The zero-order valence-electron chi connectivity index (χ0n) is 11.4. The van der Waals surface area contributed by atoms with Crippen molar-refractivity contribution in [2.45, 2.75) is 32.1 Å². The highest BCUT2D eigenvalue weighted by atomic mass is 32.2. The zero-order valence-corrected chi connectivity index (χ0v) is 12.2. The largest absolute Gasteiger partial charge is 0.376 e. The van der Waals surface area contributed by atoms with Gasteiger partial charge in [-0.05, 0) is 13.8 Å². The number of rotatable bonds is 4. The molecule has 1 atom stereocenters. The lowest BCUT2D eigenvalue weighted by molar-refractivity contribution is 0.109. The number of nitrogens with zero attached hydrogens (tertiary/aromatic N) is 2. The van der Waals surface area contributed by atoms with Crippen LogP contribution >= 0.6 is 0 Å². The molecular weight excluding hydrogens is 266 g/mol. The van der Waals surface area contributed by atoms with Crippen molar-refractivity contribution in [2.24, 2.45) is 0 Å². The number of hydrogen-bond donors (Lipinski definition) is 1. The van der Waals surface area contributed by atoms with Crippen molar-refractivity contribution >= 4 is 15.7 Å². The molecule has 19 heavy (non-hydrogen) atoms. The molecule has 0 amide bonds. The van der Waals surface area contributed by atoms with Crippen LogP contribution in [0.25, 0.3) is 0 Å². The summed E-state index contributed by atoms with van der Waals surface area (Å²) >= 11 is 0. The molecule has 0 bridgehead atoms. The van der Waals surface area contributed by atoms with Crippen LogP contribution in [0.5, 0.6) is 0 Å². The van der Waals surface area contributed by atoms with E-state index in [1.54, 1.807) is 6.92 Å². The third-order valence-electron chi connectivity index (χ3n) is 3.19. The molecule has 1 aromatic heterocycles. The van der Waals surface area contributed by atoms with E-state index in [4.69, 9.17) is 4.74 Å². The van der Waals surface area contributed by atoms with Crippen LogP contribution in [0.4, 0.5) is 5.82 Å². The number of nitrogens with one attached hydrogen (secondary N) is 1. The predicted octanol–water partition coefficient (Wildman–Crippen LogP) is 1.09. The Morgan fingerprint density at radius 2 is 2.16 bits per heavy atom. The van der Waals surface area contributed by atoms with Crippen molar-refractivity contribution in [2.75, 3.05) is 24.7 Å². The third-order valence-corrected chi connectivity index (χ3v) is 4.68. The Morgan fingerprint density at radius 1 is 1.42 bits per heavy atom. The first-order valence-electron chi connectivity index (χ1n) is 6.33. The molecule has 2 heterocycles. The van der Waals surface area contributed by atoms with Crippen LogP contribution < -0.4 is 5.32 Å².